The molecule has 0 bridgehead atoms. The minimum absolute atomic E-state index is 0.0790. The second-order valence-electron chi connectivity index (χ2n) is 6.26. The van der Waals surface area contributed by atoms with Gasteiger partial charge in [0.25, 0.3) is 0 Å². The SMILES string of the molecule is COc1ccc(C2Oc3cccc(O)c3C(=O)C2=Cc2ccccc2)cc1. The Bertz CT molecular complexity index is 1000. The number of carbonyl (C=O) groups is 1. The summed E-state index contributed by atoms with van der Waals surface area (Å²) in [4.78, 5) is 13.2. The van der Waals surface area contributed by atoms with Gasteiger partial charge in [-0.2, -0.15) is 0 Å². The monoisotopic (exact) mass is 358 g/mol. The Balaban J connectivity index is 1.86. The molecular formula is C23H18O4. The van der Waals surface area contributed by atoms with Crippen molar-refractivity contribution in [2.75, 3.05) is 7.11 Å². The van der Waals surface area contributed by atoms with Crippen LogP contribution in [0.4, 0.5) is 0 Å². The molecule has 0 saturated carbocycles. The fraction of sp³-hybridized carbons (Fsp3) is 0.0870. The van der Waals surface area contributed by atoms with Gasteiger partial charge in [-0.05, 0) is 41.5 Å². The average molecular weight is 358 g/mol. The number of carbonyl (C=O) groups excluding carboxylic acids is 1. The number of ether oxygens (including phenoxy) is 2. The van der Waals surface area contributed by atoms with E-state index in [9.17, 15) is 9.90 Å². The van der Waals surface area contributed by atoms with Crippen molar-refractivity contribution in [1.29, 1.82) is 0 Å². The number of hydrogen-bond acceptors (Lipinski definition) is 4. The molecule has 0 radical (unpaired) electrons. The van der Waals surface area contributed by atoms with Gasteiger partial charge in [-0.25, -0.2) is 0 Å². The number of fused-ring (bicyclic) bond motifs is 1. The summed E-state index contributed by atoms with van der Waals surface area (Å²) in [6.45, 7) is 0. The summed E-state index contributed by atoms with van der Waals surface area (Å²) in [6, 6.07) is 21.9. The standard InChI is InChI=1S/C23H18O4/c1-26-17-12-10-16(11-13-17)23-18(14-15-6-3-2-4-7-15)22(25)21-19(24)8-5-9-20(21)27-23/h2-14,23-24H,1H3. The van der Waals surface area contributed by atoms with Gasteiger partial charge in [0.05, 0.1) is 7.11 Å². The van der Waals surface area contributed by atoms with E-state index in [0.717, 1.165) is 16.9 Å². The summed E-state index contributed by atoms with van der Waals surface area (Å²) < 4.78 is 11.4. The van der Waals surface area contributed by atoms with Crippen molar-refractivity contribution in [1.82, 2.24) is 0 Å². The molecule has 3 aromatic rings. The van der Waals surface area contributed by atoms with Crippen LogP contribution in [-0.4, -0.2) is 18.0 Å². The Hall–Kier alpha value is -3.53. The number of Topliss-reactive ketones (excluding diaryl/α,β-unsaturated/α-hetero) is 1. The molecule has 27 heavy (non-hydrogen) atoms. The first-order chi connectivity index (χ1) is 13.2. The molecule has 0 amide bonds. The normalized spacial score (nSPS) is 17.3. The van der Waals surface area contributed by atoms with Crippen LogP contribution in [0.15, 0.2) is 78.4 Å². The number of methoxy groups -OCH3 is 1. The lowest BCUT2D eigenvalue weighted by Crippen LogP contribution is -2.24. The van der Waals surface area contributed by atoms with Crippen LogP contribution in [0.2, 0.25) is 0 Å². The maximum Gasteiger partial charge on any atom is 0.200 e. The molecule has 1 N–H and O–H groups in total. The number of phenolic OH excluding ortho intramolecular Hbond substituents is 1. The van der Waals surface area contributed by atoms with E-state index in [-0.39, 0.29) is 17.1 Å². The topological polar surface area (TPSA) is 55.8 Å². The fourth-order valence-electron chi connectivity index (χ4n) is 3.20. The van der Waals surface area contributed by atoms with Crippen molar-refractivity contribution in [3.8, 4) is 17.2 Å². The first kappa shape index (κ1) is 16.9. The molecule has 4 heteroatoms. The van der Waals surface area contributed by atoms with E-state index in [1.54, 1.807) is 19.2 Å². The molecule has 0 spiro atoms. The molecule has 1 aliphatic rings. The highest BCUT2D eigenvalue weighted by Crippen LogP contribution is 2.42. The van der Waals surface area contributed by atoms with Crippen molar-refractivity contribution < 1.29 is 19.4 Å². The molecule has 0 saturated heterocycles. The van der Waals surface area contributed by atoms with E-state index >= 15 is 0 Å². The Morgan fingerprint density at radius 2 is 1.70 bits per heavy atom. The third-order valence-corrected chi connectivity index (χ3v) is 4.56. The minimum Gasteiger partial charge on any atom is -0.507 e. The summed E-state index contributed by atoms with van der Waals surface area (Å²) in [7, 11) is 1.61. The van der Waals surface area contributed by atoms with Crippen molar-refractivity contribution in [2.24, 2.45) is 0 Å². The number of hydrogen-bond donors (Lipinski definition) is 1. The highest BCUT2D eigenvalue weighted by molar-refractivity contribution is 6.16. The van der Waals surface area contributed by atoms with Gasteiger partial charge in [-0.1, -0.05) is 48.5 Å². The molecule has 0 aromatic heterocycles. The van der Waals surface area contributed by atoms with E-state index in [2.05, 4.69) is 0 Å². The quantitative estimate of drug-likeness (QED) is 0.683. The van der Waals surface area contributed by atoms with Crippen molar-refractivity contribution in [3.63, 3.8) is 0 Å². The number of rotatable bonds is 3. The summed E-state index contributed by atoms with van der Waals surface area (Å²) in [6.07, 6.45) is 1.24. The third kappa shape index (κ3) is 3.17. The predicted molar refractivity (Wildman–Crippen MR) is 103 cm³/mol. The van der Waals surface area contributed by atoms with Gasteiger partial charge in [0.15, 0.2) is 6.10 Å². The van der Waals surface area contributed by atoms with Crippen LogP contribution in [0.5, 0.6) is 17.2 Å². The maximum atomic E-state index is 13.2. The van der Waals surface area contributed by atoms with E-state index in [0.29, 0.717) is 11.3 Å². The van der Waals surface area contributed by atoms with Gasteiger partial charge < -0.3 is 14.6 Å². The molecule has 1 heterocycles. The Labute approximate surface area is 157 Å². The number of benzene rings is 3. The van der Waals surface area contributed by atoms with Crippen LogP contribution in [-0.2, 0) is 0 Å². The molecule has 4 nitrogen and oxygen atoms in total. The summed E-state index contributed by atoms with van der Waals surface area (Å²) in [5.74, 6) is 0.794. The number of aromatic hydroxyl groups is 1. The molecule has 1 aliphatic heterocycles. The van der Waals surface area contributed by atoms with Gasteiger partial charge in [0.2, 0.25) is 5.78 Å². The zero-order chi connectivity index (χ0) is 18.8. The first-order valence-corrected chi connectivity index (χ1v) is 8.61. The van der Waals surface area contributed by atoms with Gasteiger partial charge >= 0.3 is 0 Å². The number of ketones is 1. The zero-order valence-corrected chi connectivity index (χ0v) is 14.8. The Morgan fingerprint density at radius 3 is 2.41 bits per heavy atom. The van der Waals surface area contributed by atoms with Gasteiger partial charge in [-0.3, -0.25) is 4.79 Å². The molecule has 1 unspecified atom stereocenters. The molecule has 1 atom stereocenters. The molecular weight excluding hydrogens is 340 g/mol. The zero-order valence-electron chi connectivity index (χ0n) is 14.8. The molecule has 0 fully saturated rings. The second kappa shape index (κ2) is 7.00. The first-order valence-electron chi connectivity index (χ1n) is 8.61. The lowest BCUT2D eigenvalue weighted by molar-refractivity contribution is 0.0959. The predicted octanol–water partition coefficient (Wildman–Crippen LogP) is 4.80. The van der Waals surface area contributed by atoms with Gasteiger partial charge in [0.1, 0.15) is 22.8 Å². The van der Waals surface area contributed by atoms with E-state index in [1.807, 2.05) is 60.7 Å². The minimum atomic E-state index is -0.571. The highest BCUT2D eigenvalue weighted by atomic mass is 16.5. The van der Waals surface area contributed by atoms with Crippen LogP contribution in [0.1, 0.15) is 27.6 Å². The van der Waals surface area contributed by atoms with Crippen molar-refractivity contribution in [2.45, 2.75) is 6.10 Å². The van der Waals surface area contributed by atoms with Gasteiger partial charge in [0, 0.05) is 5.57 Å². The lowest BCUT2D eigenvalue weighted by atomic mass is 9.89. The molecule has 4 rings (SSSR count). The number of phenols is 1. The molecule has 0 aliphatic carbocycles. The summed E-state index contributed by atoms with van der Waals surface area (Å²) >= 11 is 0. The van der Waals surface area contributed by atoms with Crippen LogP contribution in [0.25, 0.3) is 6.08 Å². The van der Waals surface area contributed by atoms with Crippen molar-refractivity contribution in [3.05, 3.63) is 95.1 Å². The van der Waals surface area contributed by atoms with Gasteiger partial charge in [-0.15, -0.1) is 0 Å². The summed E-state index contributed by atoms with van der Waals surface area (Å²) in [5, 5.41) is 10.2. The average Bonchev–Trinajstić information content (AvgIpc) is 2.71. The van der Waals surface area contributed by atoms with Crippen molar-refractivity contribution >= 4 is 11.9 Å². The van der Waals surface area contributed by atoms with E-state index < -0.39 is 6.10 Å². The van der Waals surface area contributed by atoms with E-state index in [1.165, 1.54) is 6.07 Å². The van der Waals surface area contributed by atoms with Crippen LogP contribution in [0.3, 0.4) is 0 Å². The van der Waals surface area contributed by atoms with Crippen LogP contribution in [0, 0.1) is 0 Å². The molecule has 3 aromatic carbocycles. The van der Waals surface area contributed by atoms with Crippen LogP contribution < -0.4 is 9.47 Å². The Morgan fingerprint density at radius 1 is 0.963 bits per heavy atom. The molecule has 134 valence electrons. The van der Waals surface area contributed by atoms with Crippen LogP contribution >= 0.6 is 0 Å². The third-order valence-electron chi connectivity index (χ3n) is 4.56. The van der Waals surface area contributed by atoms with E-state index in [4.69, 9.17) is 9.47 Å². The largest absolute Gasteiger partial charge is 0.507 e. The lowest BCUT2D eigenvalue weighted by Gasteiger charge is -2.28. The fourth-order valence-corrected chi connectivity index (χ4v) is 3.20. The highest BCUT2D eigenvalue weighted by Gasteiger charge is 2.34. The smallest absolute Gasteiger partial charge is 0.200 e. The maximum absolute atomic E-state index is 13.2. The second-order valence-corrected chi connectivity index (χ2v) is 6.26. The summed E-state index contributed by atoms with van der Waals surface area (Å²) in [5.41, 5.74) is 2.40. The Kier molecular flexibility index (Phi) is 4.38.